The number of nitrogens with zero attached hydrogens (tertiary/aromatic N) is 4. The summed E-state index contributed by atoms with van der Waals surface area (Å²) >= 11 is 0. The van der Waals surface area contributed by atoms with Gasteiger partial charge in [0, 0.05) is 24.8 Å². The molecule has 0 atom stereocenters. The van der Waals surface area contributed by atoms with Gasteiger partial charge in [0.2, 0.25) is 5.82 Å². The first-order valence-corrected chi connectivity index (χ1v) is 8.02. The molecule has 24 heavy (non-hydrogen) atoms. The summed E-state index contributed by atoms with van der Waals surface area (Å²) in [5.74, 6) is 1.44. The number of hydrogen-bond acceptors (Lipinski definition) is 5. The minimum Gasteiger partial charge on any atom is -0.357 e. The van der Waals surface area contributed by atoms with E-state index in [1.807, 2.05) is 12.1 Å². The van der Waals surface area contributed by atoms with Crippen molar-refractivity contribution in [2.45, 2.75) is 19.8 Å². The monoisotopic (exact) mass is 324 g/mol. The summed E-state index contributed by atoms with van der Waals surface area (Å²) in [6.07, 6.45) is 4.16. The average Bonchev–Trinajstić information content (AvgIpc) is 3.29. The average molecular weight is 324 g/mol. The van der Waals surface area contributed by atoms with Crippen molar-refractivity contribution in [2.75, 3.05) is 18.0 Å². The molecule has 4 rings (SSSR count). The number of halogens is 1. The normalized spacial score (nSPS) is 14.3. The maximum Gasteiger partial charge on any atom is 0.259 e. The van der Waals surface area contributed by atoms with E-state index in [0.717, 1.165) is 24.5 Å². The third-order valence-corrected chi connectivity index (χ3v) is 4.28. The zero-order valence-electron chi connectivity index (χ0n) is 13.4. The summed E-state index contributed by atoms with van der Waals surface area (Å²) in [6.45, 7) is 3.82. The van der Waals surface area contributed by atoms with Crippen LogP contribution in [0.4, 0.5) is 10.2 Å². The van der Waals surface area contributed by atoms with Gasteiger partial charge >= 0.3 is 0 Å². The Hall–Kier alpha value is -2.76. The van der Waals surface area contributed by atoms with Gasteiger partial charge in [-0.15, -0.1) is 0 Å². The van der Waals surface area contributed by atoms with Crippen molar-refractivity contribution in [1.29, 1.82) is 0 Å². The Morgan fingerprint density at radius 3 is 2.58 bits per heavy atom. The zero-order valence-corrected chi connectivity index (χ0v) is 13.4. The van der Waals surface area contributed by atoms with E-state index in [0.29, 0.717) is 22.8 Å². The molecule has 3 aromatic rings. The van der Waals surface area contributed by atoms with Crippen molar-refractivity contribution >= 4 is 5.82 Å². The highest BCUT2D eigenvalue weighted by Gasteiger charge is 2.15. The standard InChI is InChI=1S/C18H17FN4O/c1-12-4-5-13(10-15(12)19)17-21-18(24-22-17)14-6-7-16(20-11-14)23-8-2-3-9-23/h4-7,10-11H,2-3,8-9H2,1H3. The smallest absolute Gasteiger partial charge is 0.259 e. The molecule has 6 heteroatoms. The van der Waals surface area contributed by atoms with Crippen molar-refractivity contribution in [3.8, 4) is 22.8 Å². The van der Waals surface area contributed by atoms with Crippen molar-refractivity contribution in [3.63, 3.8) is 0 Å². The van der Waals surface area contributed by atoms with Crippen LogP contribution in [-0.4, -0.2) is 28.2 Å². The Morgan fingerprint density at radius 2 is 1.88 bits per heavy atom. The van der Waals surface area contributed by atoms with E-state index in [9.17, 15) is 4.39 Å². The zero-order chi connectivity index (χ0) is 16.5. The van der Waals surface area contributed by atoms with Gasteiger partial charge in [0.25, 0.3) is 5.89 Å². The van der Waals surface area contributed by atoms with E-state index in [1.54, 1.807) is 25.3 Å². The minimum absolute atomic E-state index is 0.282. The second-order valence-electron chi connectivity index (χ2n) is 5.99. The second kappa shape index (κ2) is 6.03. The fourth-order valence-electron chi connectivity index (χ4n) is 2.84. The van der Waals surface area contributed by atoms with E-state index in [4.69, 9.17) is 4.52 Å². The van der Waals surface area contributed by atoms with Gasteiger partial charge in [0.1, 0.15) is 11.6 Å². The Kier molecular flexibility index (Phi) is 3.72. The van der Waals surface area contributed by atoms with E-state index >= 15 is 0 Å². The lowest BCUT2D eigenvalue weighted by Crippen LogP contribution is -2.18. The van der Waals surface area contributed by atoms with Crippen LogP contribution in [0.5, 0.6) is 0 Å². The maximum absolute atomic E-state index is 13.7. The molecule has 1 aliphatic rings. The van der Waals surface area contributed by atoms with Crippen LogP contribution < -0.4 is 4.90 Å². The third kappa shape index (κ3) is 2.75. The Morgan fingerprint density at radius 1 is 1.08 bits per heavy atom. The van der Waals surface area contributed by atoms with Crippen LogP contribution in [0, 0.1) is 12.7 Å². The molecule has 0 spiro atoms. The fourth-order valence-corrected chi connectivity index (χ4v) is 2.84. The number of anilines is 1. The molecule has 1 aliphatic heterocycles. The van der Waals surface area contributed by atoms with E-state index < -0.39 is 0 Å². The molecule has 1 saturated heterocycles. The SMILES string of the molecule is Cc1ccc(-c2noc(-c3ccc(N4CCCC4)nc3)n2)cc1F. The largest absolute Gasteiger partial charge is 0.357 e. The van der Waals surface area contributed by atoms with Gasteiger partial charge in [-0.2, -0.15) is 4.98 Å². The Balaban J connectivity index is 1.58. The fraction of sp³-hybridized carbons (Fsp3) is 0.278. The molecule has 5 nitrogen and oxygen atoms in total. The first-order valence-electron chi connectivity index (χ1n) is 8.02. The summed E-state index contributed by atoms with van der Waals surface area (Å²) in [4.78, 5) is 11.1. The summed E-state index contributed by atoms with van der Waals surface area (Å²) in [6, 6.07) is 8.79. The minimum atomic E-state index is -0.282. The van der Waals surface area contributed by atoms with Crippen LogP contribution >= 0.6 is 0 Å². The molecule has 1 fully saturated rings. The molecule has 0 saturated carbocycles. The number of aromatic nitrogens is 3. The van der Waals surface area contributed by atoms with Crippen LogP contribution in [0.2, 0.25) is 0 Å². The summed E-state index contributed by atoms with van der Waals surface area (Å²) in [7, 11) is 0. The van der Waals surface area contributed by atoms with Crippen molar-refractivity contribution in [3.05, 3.63) is 47.9 Å². The van der Waals surface area contributed by atoms with Gasteiger partial charge in [-0.3, -0.25) is 0 Å². The highest BCUT2D eigenvalue weighted by atomic mass is 19.1. The summed E-state index contributed by atoms with van der Waals surface area (Å²) in [5, 5.41) is 3.94. The van der Waals surface area contributed by atoms with Crippen LogP contribution in [0.15, 0.2) is 41.1 Å². The molecule has 0 radical (unpaired) electrons. The van der Waals surface area contributed by atoms with Gasteiger partial charge in [-0.25, -0.2) is 9.37 Å². The maximum atomic E-state index is 13.7. The van der Waals surface area contributed by atoms with E-state index in [1.165, 1.54) is 18.9 Å². The number of aryl methyl sites for hydroxylation is 1. The van der Waals surface area contributed by atoms with Gasteiger partial charge in [-0.05, 0) is 43.5 Å². The quantitative estimate of drug-likeness (QED) is 0.732. The molecule has 0 N–H and O–H groups in total. The predicted octanol–water partition coefficient (Wildman–Crippen LogP) is 3.85. The van der Waals surface area contributed by atoms with Crippen LogP contribution in [0.3, 0.4) is 0 Å². The van der Waals surface area contributed by atoms with Crippen molar-refractivity contribution < 1.29 is 8.91 Å². The molecule has 2 aromatic heterocycles. The van der Waals surface area contributed by atoms with E-state index in [2.05, 4.69) is 20.0 Å². The first kappa shape index (κ1) is 14.8. The molecular formula is C18H17FN4O. The molecule has 0 amide bonds. The van der Waals surface area contributed by atoms with Gasteiger partial charge < -0.3 is 9.42 Å². The molecule has 1 aromatic carbocycles. The highest BCUT2D eigenvalue weighted by molar-refractivity contribution is 5.60. The predicted molar refractivity (Wildman–Crippen MR) is 89.1 cm³/mol. The lowest BCUT2D eigenvalue weighted by Gasteiger charge is -2.15. The summed E-state index contributed by atoms with van der Waals surface area (Å²) < 4.78 is 19.0. The number of hydrogen-bond donors (Lipinski definition) is 0. The number of benzene rings is 1. The summed E-state index contributed by atoms with van der Waals surface area (Å²) in [5.41, 5.74) is 1.93. The van der Waals surface area contributed by atoms with Gasteiger partial charge in [0.05, 0.1) is 5.56 Å². The first-order chi connectivity index (χ1) is 11.7. The Labute approximate surface area is 139 Å². The second-order valence-corrected chi connectivity index (χ2v) is 5.99. The lowest BCUT2D eigenvalue weighted by atomic mass is 10.1. The van der Waals surface area contributed by atoms with Crippen molar-refractivity contribution in [1.82, 2.24) is 15.1 Å². The molecule has 0 bridgehead atoms. The number of pyridine rings is 1. The topological polar surface area (TPSA) is 55.1 Å². The van der Waals surface area contributed by atoms with Crippen LogP contribution in [0.25, 0.3) is 22.8 Å². The van der Waals surface area contributed by atoms with Gasteiger partial charge in [-0.1, -0.05) is 17.3 Å². The Bertz CT molecular complexity index is 854. The van der Waals surface area contributed by atoms with Gasteiger partial charge in [0.15, 0.2) is 0 Å². The molecule has 3 heterocycles. The van der Waals surface area contributed by atoms with Crippen LogP contribution in [0.1, 0.15) is 18.4 Å². The number of rotatable bonds is 3. The highest BCUT2D eigenvalue weighted by Crippen LogP contribution is 2.25. The third-order valence-electron chi connectivity index (χ3n) is 4.28. The van der Waals surface area contributed by atoms with Crippen LogP contribution in [-0.2, 0) is 0 Å². The molecule has 0 unspecified atom stereocenters. The molecular weight excluding hydrogens is 307 g/mol. The van der Waals surface area contributed by atoms with E-state index in [-0.39, 0.29) is 5.82 Å². The lowest BCUT2D eigenvalue weighted by molar-refractivity contribution is 0.432. The molecule has 122 valence electrons. The van der Waals surface area contributed by atoms with Crippen molar-refractivity contribution in [2.24, 2.45) is 0 Å². The molecule has 0 aliphatic carbocycles.